The van der Waals surface area contributed by atoms with Crippen LogP contribution in [0.1, 0.15) is 61.9 Å². The van der Waals surface area contributed by atoms with Crippen LogP contribution in [0.5, 0.6) is 0 Å². The first-order chi connectivity index (χ1) is 17.8. The molecule has 37 heavy (non-hydrogen) atoms. The van der Waals surface area contributed by atoms with E-state index < -0.39 is 0 Å². The smallest absolute Gasteiger partial charge is 0.299 e. The Morgan fingerprint density at radius 3 is 2.22 bits per heavy atom. The SMILES string of the molecule is Cc1ccc2oc3c(-c4n(-c5c(C(C)C)cccc5C(C)C)c5ccccc5[n+]4C)c(C)ccc3c2n1. The largest absolute Gasteiger partial charge is 0.453 e. The van der Waals surface area contributed by atoms with Gasteiger partial charge in [-0.3, -0.25) is 0 Å². The predicted octanol–water partition coefficient (Wildman–Crippen LogP) is 8.28. The number of benzene rings is 3. The summed E-state index contributed by atoms with van der Waals surface area (Å²) in [5.41, 5.74) is 12.3. The summed E-state index contributed by atoms with van der Waals surface area (Å²) in [6.07, 6.45) is 0. The fourth-order valence-electron chi connectivity index (χ4n) is 5.77. The molecule has 3 aromatic heterocycles. The number of para-hydroxylation sites is 3. The third kappa shape index (κ3) is 3.50. The van der Waals surface area contributed by atoms with Gasteiger partial charge in [0.2, 0.25) is 0 Å². The third-order valence-corrected chi connectivity index (χ3v) is 7.63. The number of aromatic nitrogens is 3. The molecule has 4 nitrogen and oxygen atoms in total. The molecule has 0 bridgehead atoms. The Morgan fingerprint density at radius 2 is 1.51 bits per heavy atom. The van der Waals surface area contributed by atoms with Crippen molar-refractivity contribution in [3.63, 3.8) is 0 Å². The Balaban J connectivity index is 1.83. The monoisotopic (exact) mass is 488 g/mol. The van der Waals surface area contributed by atoms with E-state index in [2.05, 4.69) is 105 Å². The first-order valence-electron chi connectivity index (χ1n) is 13.2. The van der Waals surface area contributed by atoms with E-state index in [4.69, 9.17) is 9.40 Å². The van der Waals surface area contributed by atoms with Crippen molar-refractivity contribution in [1.82, 2.24) is 9.55 Å². The van der Waals surface area contributed by atoms with Gasteiger partial charge in [0.1, 0.15) is 16.8 Å². The topological polar surface area (TPSA) is 34.8 Å². The number of fused-ring (bicyclic) bond motifs is 4. The molecule has 4 heteroatoms. The molecule has 0 unspecified atom stereocenters. The lowest BCUT2D eigenvalue weighted by Crippen LogP contribution is -2.30. The number of pyridine rings is 1. The molecule has 3 heterocycles. The molecule has 0 spiro atoms. The summed E-state index contributed by atoms with van der Waals surface area (Å²) in [6, 6.07) is 23.9. The summed E-state index contributed by atoms with van der Waals surface area (Å²) in [4.78, 5) is 4.84. The molecule has 186 valence electrons. The summed E-state index contributed by atoms with van der Waals surface area (Å²) >= 11 is 0. The molecule has 0 saturated carbocycles. The Kier molecular flexibility index (Phi) is 5.45. The highest BCUT2D eigenvalue weighted by Gasteiger charge is 2.33. The second-order valence-corrected chi connectivity index (χ2v) is 10.8. The zero-order valence-electron chi connectivity index (χ0n) is 22.8. The molecule has 0 atom stereocenters. The molecule has 0 amide bonds. The first kappa shape index (κ1) is 23.5. The molecule has 6 aromatic rings. The summed E-state index contributed by atoms with van der Waals surface area (Å²) < 4.78 is 11.4. The van der Waals surface area contributed by atoms with Gasteiger partial charge in [-0.05, 0) is 61.6 Å². The number of hydrogen-bond donors (Lipinski definition) is 0. The summed E-state index contributed by atoms with van der Waals surface area (Å²) in [6.45, 7) is 13.4. The normalized spacial score (nSPS) is 12.1. The van der Waals surface area contributed by atoms with Crippen LogP contribution >= 0.6 is 0 Å². The number of aryl methyl sites for hydroxylation is 3. The molecule has 0 N–H and O–H groups in total. The van der Waals surface area contributed by atoms with Gasteiger partial charge in [-0.1, -0.05) is 64.1 Å². The predicted molar refractivity (Wildman–Crippen MR) is 153 cm³/mol. The molecule has 0 saturated heterocycles. The molecule has 0 aliphatic carbocycles. The number of rotatable bonds is 4. The lowest BCUT2D eigenvalue weighted by Gasteiger charge is -2.18. The van der Waals surface area contributed by atoms with Crippen LogP contribution in [-0.2, 0) is 7.05 Å². The van der Waals surface area contributed by atoms with Gasteiger partial charge in [-0.25, -0.2) is 9.55 Å². The summed E-state index contributed by atoms with van der Waals surface area (Å²) in [5.74, 6) is 1.88. The minimum Gasteiger partial charge on any atom is -0.453 e. The maximum absolute atomic E-state index is 6.58. The molecular weight excluding hydrogens is 454 g/mol. The lowest BCUT2D eigenvalue weighted by atomic mass is 9.92. The Bertz CT molecular complexity index is 1790. The Morgan fingerprint density at radius 1 is 0.811 bits per heavy atom. The van der Waals surface area contributed by atoms with E-state index in [0.717, 1.165) is 39.2 Å². The standard InChI is InChI=1S/C33H34N3O/c1-19(2)23-11-10-12-24(20(3)4)31(23)36-27-14-9-8-13-26(27)35(7)33(36)29-21(5)15-17-25-30-28(37-32(25)29)18-16-22(6)34-30/h8-20H,1-7H3/q+1. The highest BCUT2D eigenvalue weighted by molar-refractivity contribution is 6.08. The van der Waals surface area contributed by atoms with Crippen LogP contribution in [0.3, 0.4) is 0 Å². The Labute approximate surface area is 218 Å². The van der Waals surface area contributed by atoms with Gasteiger partial charge in [-0.15, -0.1) is 0 Å². The molecule has 0 radical (unpaired) electrons. The van der Waals surface area contributed by atoms with Crippen LogP contribution in [0.15, 0.2) is 71.1 Å². The zero-order valence-corrected chi connectivity index (χ0v) is 22.8. The van der Waals surface area contributed by atoms with Crippen LogP contribution in [0, 0.1) is 13.8 Å². The molecule has 6 rings (SSSR count). The van der Waals surface area contributed by atoms with E-state index in [1.807, 2.05) is 19.1 Å². The minimum absolute atomic E-state index is 0.378. The van der Waals surface area contributed by atoms with Gasteiger partial charge < -0.3 is 4.42 Å². The number of imidazole rings is 1. The fourth-order valence-corrected chi connectivity index (χ4v) is 5.77. The average molecular weight is 489 g/mol. The molecule has 0 aliphatic heterocycles. The van der Waals surface area contributed by atoms with Crippen molar-refractivity contribution in [3.05, 3.63) is 89.1 Å². The van der Waals surface area contributed by atoms with Crippen LogP contribution in [0.2, 0.25) is 0 Å². The van der Waals surface area contributed by atoms with Crippen molar-refractivity contribution in [2.75, 3.05) is 0 Å². The lowest BCUT2D eigenvalue weighted by molar-refractivity contribution is -0.633. The number of nitrogens with zero attached hydrogens (tertiary/aromatic N) is 3. The second-order valence-electron chi connectivity index (χ2n) is 10.8. The van der Waals surface area contributed by atoms with Crippen LogP contribution in [-0.4, -0.2) is 9.55 Å². The average Bonchev–Trinajstić information content (AvgIpc) is 3.38. The van der Waals surface area contributed by atoms with Crippen molar-refractivity contribution in [2.24, 2.45) is 7.05 Å². The molecular formula is C33H34N3O+. The highest BCUT2D eigenvalue weighted by atomic mass is 16.3. The Hall–Kier alpha value is -3.92. The molecule has 0 fully saturated rings. The molecule has 0 aliphatic rings. The minimum atomic E-state index is 0.378. The van der Waals surface area contributed by atoms with Crippen molar-refractivity contribution in [2.45, 2.75) is 53.4 Å². The van der Waals surface area contributed by atoms with Crippen molar-refractivity contribution < 1.29 is 8.98 Å². The van der Waals surface area contributed by atoms with Gasteiger partial charge in [0.25, 0.3) is 5.82 Å². The van der Waals surface area contributed by atoms with Gasteiger partial charge >= 0.3 is 0 Å². The van der Waals surface area contributed by atoms with E-state index in [1.54, 1.807) is 0 Å². The van der Waals surface area contributed by atoms with Gasteiger partial charge in [-0.2, -0.15) is 4.57 Å². The van der Waals surface area contributed by atoms with Crippen molar-refractivity contribution in [1.29, 1.82) is 0 Å². The summed E-state index contributed by atoms with van der Waals surface area (Å²) in [5, 5.41) is 1.05. The van der Waals surface area contributed by atoms with Crippen LogP contribution < -0.4 is 4.57 Å². The van der Waals surface area contributed by atoms with Crippen LogP contribution in [0.25, 0.3) is 50.2 Å². The zero-order chi connectivity index (χ0) is 26.0. The maximum Gasteiger partial charge on any atom is 0.299 e. The second kappa shape index (κ2) is 8.58. The highest BCUT2D eigenvalue weighted by Crippen LogP contribution is 2.41. The number of hydrogen-bond acceptors (Lipinski definition) is 2. The summed E-state index contributed by atoms with van der Waals surface area (Å²) in [7, 11) is 2.17. The first-order valence-corrected chi connectivity index (χ1v) is 13.2. The van der Waals surface area contributed by atoms with E-state index in [1.165, 1.54) is 33.4 Å². The van der Waals surface area contributed by atoms with E-state index in [0.29, 0.717) is 11.8 Å². The molecule has 3 aromatic carbocycles. The van der Waals surface area contributed by atoms with Gasteiger partial charge in [0, 0.05) is 22.2 Å². The van der Waals surface area contributed by atoms with Gasteiger partial charge in [0.15, 0.2) is 22.2 Å². The third-order valence-electron chi connectivity index (χ3n) is 7.63. The fraction of sp³-hybridized carbons (Fsp3) is 0.273. The van der Waals surface area contributed by atoms with Gasteiger partial charge in [0.05, 0.1) is 7.05 Å². The van der Waals surface area contributed by atoms with E-state index in [-0.39, 0.29) is 0 Å². The van der Waals surface area contributed by atoms with Crippen molar-refractivity contribution >= 4 is 33.1 Å². The van der Waals surface area contributed by atoms with E-state index in [9.17, 15) is 0 Å². The van der Waals surface area contributed by atoms with Crippen molar-refractivity contribution in [3.8, 4) is 17.1 Å². The maximum atomic E-state index is 6.58. The number of furan rings is 1. The van der Waals surface area contributed by atoms with Crippen LogP contribution in [0.4, 0.5) is 0 Å². The van der Waals surface area contributed by atoms with E-state index >= 15 is 0 Å². The quantitative estimate of drug-likeness (QED) is 0.234.